The normalized spacial score (nSPS) is 11.2. The summed E-state index contributed by atoms with van der Waals surface area (Å²) in [6, 6.07) is 18.1. The Hall–Kier alpha value is -2.00. The topological polar surface area (TPSA) is 26.3 Å². The molecule has 2 aromatic rings. The molecule has 3 heteroatoms. The molecule has 2 rings (SSSR count). The van der Waals surface area contributed by atoms with Crippen LogP contribution >= 0.6 is 11.8 Å². The van der Waals surface area contributed by atoms with E-state index in [1.165, 1.54) is 12.7 Å². The maximum atomic E-state index is 11.9. The minimum absolute atomic E-state index is 0.279. The van der Waals surface area contributed by atoms with Gasteiger partial charge in [-0.1, -0.05) is 48.0 Å². The van der Waals surface area contributed by atoms with E-state index in [4.69, 9.17) is 4.74 Å². The molecule has 0 atom stereocenters. The van der Waals surface area contributed by atoms with E-state index < -0.39 is 0 Å². The van der Waals surface area contributed by atoms with Crippen molar-refractivity contribution < 1.29 is 9.53 Å². The Morgan fingerprint density at radius 1 is 1.10 bits per heavy atom. The van der Waals surface area contributed by atoms with Crippen molar-refractivity contribution in [3.8, 4) is 0 Å². The first-order valence-corrected chi connectivity index (χ1v) is 7.71. The minimum Gasteiger partial charge on any atom is -0.466 e. The van der Waals surface area contributed by atoms with Crippen LogP contribution in [0.1, 0.15) is 11.1 Å². The van der Waals surface area contributed by atoms with E-state index in [0.717, 1.165) is 10.5 Å². The molecule has 0 saturated carbocycles. The van der Waals surface area contributed by atoms with Gasteiger partial charge < -0.3 is 4.74 Å². The van der Waals surface area contributed by atoms with E-state index in [0.29, 0.717) is 11.3 Å². The molecule has 21 heavy (non-hydrogen) atoms. The van der Waals surface area contributed by atoms with Crippen LogP contribution in [0.5, 0.6) is 0 Å². The van der Waals surface area contributed by atoms with Gasteiger partial charge in [0.05, 0.1) is 7.11 Å². The summed E-state index contributed by atoms with van der Waals surface area (Å²) in [4.78, 5) is 13.0. The number of rotatable bonds is 5. The van der Waals surface area contributed by atoms with Crippen LogP contribution in [0.4, 0.5) is 0 Å². The standard InChI is InChI=1S/C18H18O2S/c1-14-8-10-15(11-9-14)12-16(18(19)20-2)13-21-17-6-4-3-5-7-17/h3-12H,13H2,1-2H3/b16-12+. The van der Waals surface area contributed by atoms with Gasteiger partial charge in [-0.2, -0.15) is 0 Å². The zero-order valence-electron chi connectivity index (χ0n) is 12.2. The van der Waals surface area contributed by atoms with Crippen LogP contribution in [0, 0.1) is 6.92 Å². The Morgan fingerprint density at radius 3 is 2.38 bits per heavy atom. The molecule has 0 aliphatic carbocycles. The summed E-state index contributed by atoms with van der Waals surface area (Å²) in [6.07, 6.45) is 1.89. The molecule has 0 unspecified atom stereocenters. The molecular weight excluding hydrogens is 280 g/mol. The van der Waals surface area contributed by atoms with Gasteiger partial charge in [-0.25, -0.2) is 4.79 Å². The average Bonchev–Trinajstić information content (AvgIpc) is 2.53. The van der Waals surface area contributed by atoms with Gasteiger partial charge in [0.15, 0.2) is 0 Å². The van der Waals surface area contributed by atoms with Crippen molar-refractivity contribution in [3.63, 3.8) is 0 Å². The molecule has 0 aliphatic heterocycles. The SMILES string of the molecule is COC(=O)/C(=C/c1ccc(C)cc1)CSc1ccccc1. The lowest BCUT2D eigenvalue weighted by Gasteiger charge is -2.06. The molecule has 0 aromatic heterocycles. The van der Waals surface area contributed by atoms with Crippen LogP contribution in [0.25, 0.3) is 6.08 Å². The molecule has 2 nitrogen and oxygen atoms in total. The van der Waals surface area contributed by atoms with Gasteiger partial charge in [0, 0.05) is 16.2 Å². The van der Waals surface area contributed by atoms with Gasteiger partial charge in [0.1, 0.15) is 0 Å². The minimum atomic E-state index is -0.279. The number of ether oxygens (including phenoxy) is 1. The number of esters is 1. The van der Waals surface area contributed by atoms with Crippen molar-refractivity contribution in [1.29, 1.82) is 0 Å². The predicted molar refractivity (Wildman–Crippen MR) is 88.3 cm³/mol. The monoisotopic (exact) mass is 298 g/mol. The first-order chi connectivity index (χ1) is 10.2. The molecule has 0 N–H and O–H groups in total. The highest BCUT2D eigenvalue weighted by Gasteiger charge is 2.10. The van der Waals surface area contributed by atoms with Crippen molar-refractivity contribution in [1.82, 2.24) is 0 Å². The van der Waals surface area contributed by atoms with Crippen LogP contribution < -0.4 is 0 Å². The second kappa shape index (κ2) is 7.70. The smallest absolute Gasteiger partial charge is 0.334 e. The first kappa shape index (κ1) is 15.4. The third-order valence-corrected chi connectivity index (χ3v) is 4.06. The highest BCUT2D eigenvalue weighted by atomic mass is 32.2. The summed E-state index contributed by atoms with van der Waals surface area (Å²) < 4.78 is 4.88. The molecule has 0 heterocycles. The summed E-state index contributed by atoms with van der Waals surface area (Å²) in [7, 11) is 1.42. The highest BCUT2D eigenvalue weighted by Crippen LogP contribution is 2.22. The quantitative estimate of drug-likeness (QED) is 0.466. The van der Waals surface area contributed by atoms with Crippen molar-refractivity contribution in [2.75, 3.05) is 12.9 Å². The molecule has 0 saturated heterocycles. The summed E-state index contributed by atoms with van der Waals surface area (Å²) in [5.74, 6) is 0.309. The van der Waals surface area contributed by atoms with E-state index in [-0.39, 0.29) is 5.97 Å². The molecule has 108 valence electrons. The van der Waals surface area contributed by atoms with E-state index in [1.54, 1.807) is 11.8 Å². The van der Waals surface area contributed by atoms with E-state index in [1.807, 2.05) is 67.6 Å². The van der Waals surface area contributed by atoms with Crippen molar-refractivity contribution in [3.05, 3.63) is 71.3 Å². The predicted octanol–water partition coefficient (Wildman–Crippen LogP) is 4.34. The maximum absolute atomic E-state index is 11.9. The van der Waals surface area contributed by atoms with Gasteiger partial charge >= 0.3 is 5.97 Å². The Balaban J connectivity index is 2.14. The van der Waals surface area contributed by atoms with Crippen molar-refractivity contribution in [2.24, 2.45) is 0 Å². The van der Waals surface area contributed by atoms with Gasteiger partial charge in [0.2, 0.25) is 0 Å². The Kier molecular flexibility index (Phi) is 5.64. The number of methoxy groups -OCH3 is 1. The largest absolute Gasteiger partial charge is 0.466 e. The second-order valence-electron chi connectivity index (χ2n) is 4.67. The third kappa shape index (κ3) is 4.80. The van der Waals surface area contributed by atoms with Crippen molar-refractivity contribution in [2.45, 2.75) is 11.8 Å². The number of carbonyl (C=O) groups is 1. The van der Waals surface area contributed by atoms with Crippen LogP contribution in [0.3, 0.4) is 0 Å². The molecule has 0 bridgehead atoms. The lowest BCUT2D eigenvalue weighted by molar-refractivity contribution is -0.135. The molecule has 0 radical (unpaired) electrons. The highest BCUT2D eigenvalue weighted by molar-refractivity contribution is 7.99. The van der Waals surface area contributed by atoms with Crippen molar-refractivity contribution >= 4 is 23.8 Å². The molecule has 0 spiro atoms. The fourth-order valence-corrected chi connectivity index (χ4v) is 2.71. The zero-order valence-corrected chi connectivity index (χ0v) is 13.0. The summed E-state index contributed by atoms with van der Waals surface area (Å²) >= 11 is 1.63. The molecule has 0 amide bonds. The number of benzene rings is 2. The molecule has 2 aromatic carbocycles. The van der Waals surface area contributed by atoms with Gasteiger partial charge in [0.25, 0.3) is 0 Å². The first-order valence-electron chi connectivity index (χ1n) is 6.72. The second-order valence-corrected chi connectivity index (χ2v) is 5.72. The molecule has 0 fully saturated rings. The summed E-state index contributed by atoms with van der Waals surface area (Å²) in [5.41, 5.74) is 2.87. The summed E-state index contributed by atoms with van der Waals surface area (Å²) in [6.45, 7) is 2.04. The van der Waals surface area contributed by atoms with Crippen LogP contribution in [-0.2, 0) is 9.53 Å². The lowest BCUT2D eigenvalue weighted by Crippen LogP contribution is -2.06. The van der Waals surface area contributed by atoms with Crippen LogP contribution in [-0.4, -0.2) is 18.8 Å². The van der Waals surface area contributed by atoms with Gasteiger partial charge in [-0.05, 0) is 30.7 Å². The van der Waals surface area contributed by atoms with Gasteiger partial charge in [-0.3, -0.25) is 0 Å². The van der Waals surface area contributed by atoms with Gasteiger partial charge in [-0.15, -0.1) is 11.8 Å². The van der Waals surface area contributed by atoms with E-state index >= 15 is 0 Å². The van der Waals surface area contributed by atoms with E-state index in [2.05, 4.69) is 0 Å². The van der Waals surface area contributed by atoms with E-state index in [9.17, 15) is 4.79 Å². The van der Waals surface area contributed by atoms with Crippen LogP contribution in [0.2, 0.25) is 0 Å². The fourth-order valence-electron chi connectivity index (χ4n) is 1.83. The number of thioether (sulfide) groups is 1. The maximum Gasteiger partial charge on any atom is 0.334 e. The Labute approximate surface area is 129 Å². The lowest BCUT2D eigenvalue weighted by atomic mass is 10.1. The Bertz CT molecular complexity index is 615. The number of aryl methyl sites for hydroxylation is 1. The zero-order chi connectivity index (χ0) is 15.1. The molecular formula is C18H18O2S. The number of carbonyl (C=O) groups excluding carboxylic acids is 1. The number of hydrogen-bond acceptors (Lipinski definition) is 3. The fraction of sp³-hybridized carbons (Fsp3) is 0.167. The number of hydrogen-bond donors (Lipinski definition) is 0. The average molecular weight is 298 g/mol. The third-order valence-electron chi connectivity index (χ3n) is 3.00. The summed E-state index contributed by atoms with van der Waals surface area (Å²) in [5, 5.41) is 0. The van der Waals surface area contributed by atoms with Crippen LogP contribution in [0.15, 0.2) is 65.1 Å². The molecule has 0 aliphatic rings. The Morgan fingerprint density at radius 2 is 1.76 bits per heavy atom.